The molecule has 7 nitrogen and oxygen atoms in total. The Morgan fingerprint density at radius 3 is 2.82 bits per heavy atom. The van der Waals surface area contributed by atoms with Crippen molar-refractivity contribution in [1.29, 1.82) is 0 Å². The van der Waals surface area contributed by atoms with Gasteiger partial charge in [0.15, 0.2) is 17.5 Å². The van der Waals surface area contributed by atoms with Gasteiger partial charge in [0.2, 0.25) is 5.90 Å². The molecule has 1 heterocycles. The number of nitrogens with zero attached hydrogens (tertiary/aromatic N) is 1. The summed E-state index contributed by atoms with van der Waals surface area (Å²) in [6.07, 6.45) is 1.77. The Balaban J connectivity index is 2.39. The van der Waals surface area contributed by atoms with Gasteiger partial charge in [-0.25, -0.2) is 10.5 Å². The molecule has 0 unspecified atom stereocenters. The second kappa shape index (κ2) is 7.13. The molecule has 1 aromatic carbocycles. The Hall–Kier alpha value is -2.28. The summed E-state index contributed by atoms with van der Waals surface area (Å²) in [6.45, 7) is 2.17. The quantitative estimate of drug-likeness (QED) is 0.611. The lowest BCUT2D eigenvalue weighted by Crippen LogP contribution is -2.31. The third-order valence-corrected chi connectivity index (χ3v) is 3.39. The number of aliphatic imine (C=N–C) groups is 1. The van der Waals surface area contributed by atoms with Crippen LogP contribution in [0.4, 0.5) is 0 Å². The van der Waals surface area contributed by atoms with Crippen LogP contribution in [0, 0.1) is 0 Å². The number of methoxy groups -OCH3 is 2. The molecule has 0 aromatic heterocycles. The van der Waals surface area contributed by atoms with Gasteiger partial charge in [0.05, 0.1) is 14.2 Å². The molecule has 0 radical (unpaired) electrons. The van der Waals surface area contributed by atoms with E-state index in [1.807, 2.05) is 6.07 Å². The Morgan fingerprint density at radius 2 is 2.23 bits per heavy atom. The smallest absolute Gasteiger partial charge is 0.271 e. The molecule has 7 heteroatoms. The van der Waals surface area contributed by atoms with Crippen LogP contribution in [-0.2, 0) is 16.0 Å². The highest BCUT2D eigenvalue weighted by Crippen LogP contribution is 2.34. The maximum Gasteiger partial charge on any atom is 0.271 e. The Bertz CT molecular complexity index is 586. The summed E-state index contributed by atoms with van der Waals surface area (Å²) in [4.78, 5) is 15.6. The van der Waals surface area contributed by atoms with Gasteiger partial charge in [-0.15, -0.1) is 0 Å². The topological polar surface area (TPSA) is 89.4 Å². The maximum atomic E-state index is 11.4. The van der Waals surface area contributed by atoms with Crippen LogP contribution in [0.25, 0.3) is 0 Å². The molecule has 1 atom stereocenters. The summed E-state index contributed by atoms with van der Waals surface area (Å²) in [5.41, 5.74) is 3.28. The molecule has 1 amide bonds. The van der Waals surface area contributed by atoms with Gasteiger partial charge >= 0.3 is 0 Å². The number of hydroxylamine groups is 1. The lowest BCUT2D eigenvalue weighted by Gasteiger charge is -2.14. The van der Waals surface area contributed by atoms with Crippen LogP contribution in [0.3, 0.4) is 0 Å². The van der Waals surface area contributed by atoms with Crippen molar-refractivity contribution in [2.24, 2.45) is 4.99 Å². The summed E-state index contributed by atoms with van der Waals surface area (Å²) in [6, 6.07) is 2.93. The van der Waals surface area contributed by atoms with E-state index in [1.165, 1.54) is 0 Å². The highest BCUT2D eigenvalue weighted by molar-refractivity contribution is 5.99. The molecule has 0 saturated heterocycles. The van der Waals surface area contributed by atoms with E-state index in [4.69, 9.17) is 19.4 Å². The minimum atomic E-state index is -0.747. The molecule has 2 N–H and O–H groups in total. The average Bonchev–Trinajstić information content (AvgIpc) is 3.03. The van der Waals surface area contributed by atoms with Crippen molar-refractivity contribution in [2.45, 2.75) is 25.8 Å². The van der Waals surface area contributed by atoms with E-state index in [9.17, 15) is 4.79 Å². The number of carbonyl (C=O) groups excluding carboxylic acids is 1. The molecule has 1 aromatic rings. The van der Waals surface area contributed by atoms with Crippen molar-refractivity contribution in [1.82, 2.24) is 5.48 Å². The second-order valence-corrected chi connectivity index (χ2v) is 4.86. The zero-order chi connectivity index (χ0) is 16.1. The molecule has 1 aliphatic rings. The van der Waals surface area contributed by atoms with Gasteiger partial charge in [0.1, 0.15) is 6.61 Å². The van der Waals surface area contributed by atoms with Gasteiger partial charge in [0.25, 0.3) is 5.91 Å². The second-order valence-electron chi connectivity index (χ2n) is 4.86. The summed E-state index contributed by atoms with van der Waals surface area (Å²) in [7, 11) is 3.17. The molecule has 22 heavy (non-hydrogen) atoms. The molecular weight excluding hydrogens is 288 g/mol. The number of hydrogen-bond donors (Lipinski definition) is 2. The predicted molar refractivity (Wildman–Crippen MR) is 79.7 cm³/mol. The molecule has 0 spiro atoms. The fraction of sp³-hybridized carbons (Fsp3) is 0.467. The normalized spacial score (nSPS) is 16.7. The monoisotopic (exact) mass is 308 g/mol. The van der Waals surface area contributed by atoms with E-state index < -0.39 is 11.9 Å². The van der Waals surface area contributed by atoms with Crippen molar-refractivity contribution in [3.8, 4) is 11.5 Å². The van der Waals surface area contributed by atoms with Crippen LogP contribution in [0.15, 0.2) is 17.1 Å². The van der Waals surface area contributed by atoms with Gasteiger partial charge in [-0.3, -0.25) is 10.0 Å². The van der Waals surface area contributed by atoms with Crippen molar-refractivity contribution < 1.29 is 24.2 Å². The molecule has 120 valence electrons. The average molecular weight is 308 g/mol. The summed E-state index contributed by atoms with van der Waals surface area (Å²) >= 11 is 0. The van der Waals surface area contributed by atoms with Crippen molar-refractivity contribution in [3.05, 3.63) is 23.3 Å². The Labute approximate surface area is 128 Å². The summed E-state index contributed by atoms with van der Waals surface area (Å²) in [5.74, 6) is 1.04. The number of hydrogen-bond acceptors (Lipinski definition) is 6. The summed E-state index contributed by atoms with van der Waals surface area (Å²) in [5, 5.41) is 8.66. The molecule has 0 aliphatic carbocycles. The van der Waals surface area contributed by atoms with E-state index in [2.05, 4.69) is 11.9 Å². The van der Waals surface area contributed by atoms with E-state index in [0.717, 1.165) is 18.4 Å². The van der Waals surface area contributed by atoms with Crippen LogP contribution in [0.1, 0.15) is 24.5 Å². The van der Waals surface area contributed by atoms with E-state index in [1.54, 1.807) is 25.8 Å². The van der Waals surface area contributed by atoms with Crippen LogP contribution < -0.4 is 15.0 Å². The first-order valence-electron chi connectivity index (χ1n) is 7.04. The minimum Gasteiger partial charge on any atom is -0.493 e. The minimum absolute atomic E-state index is 0.0964. The number of rotatable bonds is 6. The molecule has 2 rings (SSSR count). The van der Waals surface area contributed by atoms with Gasteiger partial charge in [-0.05, 0) is 24.1 Å². The largest absolute Gasteiger partial charge is 0.493 e. The van der Waals surface area contributed by atoms with Crippen LogP contribution in [-0.4, -0.2) is 43.9 Å². The first-order valence-corrected chi connectivity index (χ1v) is 7.04. The number of benzene rings is 1. The lowest BCUT2D eigenvalue weighted by molar-refractivity contribution is -0.130. The van der Waals surface area contributed by atoms with Crippen LogP contribution in [0.5, 0.6) is 11.5 Å². The van der Waals surface area contributed by atoms with Gasteiger partial charge in [-0.2, -0.15) is 0 Å². The van der Waals surface area contributed by atoms with Gasteiger partial charge in [-0.1, -0.05) is 13.3 Å². The fourth-order valence-electron chi connectivity index (χ4n) is 2.36. The number of carbonyl (C=O) groups is 1. The van der Waals surface area contributed by atoms with E-state index in [0.29, 0.717) is 23.0 Å². The first-order chi connectivity index (χ1) is 10.6. The molecule has 0 bridgehead atoms. The number of ether oxygens (including phenoxy) is 3. The molecule has 0 saturated carbocycles. The first kappa shape index (κ1) is 16.1. The molecule has 0 fully saturated rings. The van der Waals surface area contributed by atoms with Crippen molar-refractivity contribution in [3.63, 3.8) is 0 Å². The number of aryl methyl sites for hydroxylation is 1. The molecular formula is C15H20N2O5. The Morgan fingerprint density at radius 1 is 1.45 bits per heavy atom. The maximum absolute atomic E-state index is 11.4. The Kier molecular flexibility index (Phi) is 5.21. The van der Waals surface area contributed by atoms with E-state index in [-0.39, 0.29) is 6.61 Å². The fourth-order valence-corrected chi connectivity index (χ4v) is 2.36. The van der Waals surface area contributed by atoms with E-state index >= 15 is 0 Å². The van der Waals surface area contributed by atoms with Gasteiger partial charge < -0.3 is 14.2 Å². The summed E-state index contributed by atoms with van der Waals surface area (Å²) < 4.78 is 16.2. The molecule has 1 aliphatic heterocycles. The number of amides is 1. The zero-order valence-corrected chi connectivity index (χ0v) is 12.9. The predicted octanol–water partition coefficient (Wildman–Crippen LogP) is 1.31. The van der Waals surface area contributed by atoms with Crippen molar-refractivity contribution >= 4 is 11.8 Å². The highest BCUT2D eigenvalue weighted by atomic mass is 16.5. The van der Waals surface area contributed by atoms with Crippen molar-refractivity contribution in [2.75, 3.05) is 20.8 Å². The zero-order valence-electron chi connectivity index (χ0n) is 12.9. The third-order valence-electron chi connectivity index (χ3n) is 3.39. The van der Waals surface area contributed by atoms with Gasteiger partial charge in [0, 0.05) is 5.56 Å². The SMILES string of the molecule is CCCc1cc(C2=N[C@@H](C(=O)NO)CO2)cc(OC)c1OC. The number of nitrogens with one attached hydrogen (secondary N) is 1. The third kappa shape index (κ3) is 3.14. The van der Waals surface area contributed by atoms with Crippen LogP contribution >= 0.6 is 0 Å². The van der Waals surface area contributed by atoms with Crippen LogP contribution in [0.2, 0.25) is 0 Å². The highest BCUT2D eigenvalue weighted by Gasteiger charge is 2.27. The standard InChI is InChI=1S/C15H20N2O5/c1-4-5-9-6-10(7-12(20-2)13(9)21-3)15-16-11(8-22-15)14(18)17-19/h6-7,11,19H,4-5,8H2,1-3H3,(H,17,18)/t11-/m1/s1. The lowest BCUT2D eigenvalue weighted by atomic mass is 10.0.